The van der Waals surface area contributed by atoms with Gasteiger partial charge in [0, 0.05) is 31.0 Å². The second kappa shape index (κ2) is 10.6. The first-order chi connectivity index (χ1) is 16.8. The van der Waals surface area contributed by atoms with Crippen molar-refractivity contribution in [2.45, 2.75) is 50.5 Å². The number of H-pyrrole nitrogens is 1. The molecule has 0 aliphatic heterocycles. The van der Waals surface area contributed by atoms with E-state index in [0.29, 0.717) is 33.9 Å². The van der Waals surface area contributed by atoms with Gasteiger partial charge in [-0.05, 0) is 49.4 Å². The van der Waals surface area contributed by atoms with Crippen molar-refractivity contribution in [3.05, 3.63) is 53.9 Å². The van der Waals surface area contributed by atoms with Gasteiger partial charge in [-0.2, -0.15) is 23.3 Å². The molecule has 1 aliphatic rings. The lowest BCUT2D eigenvalue weighted by atomic mass is 9.92. The van der Waals surface area contributed by atoms with Crippen LogP contribution >= 0.6 is 12.4 Å². The highest BCUT2D eigenvalue weighted by Gasteiger charge is 2.30. The topological polar surface area (TPSA) is 130 Å². The number of alkyl halides is 3. The third kappa shape index (κ3) is 5.82. The fourth-order valence-corrected chi connectivity index (χ4v) is 4.14. The van der Waals surface area contributed by atoms with Gasteiger partial charge in [-0.1, -0.05) is 12.1 Å². The summed E-state index contributed by atoms with van der Waals surface area (Å²) in [4.78, 5) is 17.6. The second-order valence-corrected chi connectivity index (χ2v) is 8.60. The van der Waals surface area contributed by atoms with Crippen molar-refractivity contribution in [2.24, 2.45) is 5.73 Å². The SMILES string of the molecule is Cl.NC1CCC(Nc2ncc3c(-c4ccnc(NCc5cccc(C(F)(F)F)c5)n4)[nH]nc3n2)CC1. The summed E-state index contributed by atoms with van der Waals surface area (Å²) in [6.07, 6.45) is 2.77. The van der Waals surface area contributed by atoms with Gasteiger partial charge in [-0.3, -0.25) is 5.10 Å². The molecule has 0 bridgehead atoms. The monoisotopic (exact) mass is 519 g/mol. The number of anilines is 2. The van der Waals surface area contributed by atoms with E-state index in [1.54, 1.807) is 24.5 Å². The van der Waals surface area contributed by atoms with Gasteiger partial charge in [0.1, 0.15) is 0 Å². The van der Waals surface area contributed by atoms with E-state index in [2.05, 4.69) is 40.8 Å². The molecule has 0 atom stereocenters. The van der Waals surface area contributed by atoms with Gasteiger partial charge in [0.25, 0.3) is 0 Å². The van der Waals surface area contributed by atoms with Crippen LogP contribution < -0.4 is 16.4 Å². The van der Waals surface area contributed by atoms with Crippen molar-refractivity contribution in [3.8, 4) is 11.4 Å². The maximum atomic E-state index is 13.0. The molecule has 36 heavy (non-hydrogen) atoms. The second-order valence-electron chi connectivity index (χ2n) is 8.60. The Morgan fingerprint density at radius 1 is 1.03 bits per heavy atom. The Morgan fingerprint density at radius 2 is 1.83 bits per heavy atom. The number of hydrogen-bond acceptors (Lipinski definition) is 8. The Morgan fingerprint density at radius 3 is 2.61 bits per heavy atom. The number of aromatic amines is 1. The van der Waals surface area contributed by atoms with Gasteiger partial charge in [0.2, 0.25) is 11.9 Å². The average molecular weight is 520 g/mol. The van der Waals surface area contributed by atoms with E-state index in [-0.39, 0.29) is 37.0 Å². The molecule has 4 aromatic rings. The van der Waals surface area contributed by atoms with Crippen LogP contribution in [0.5, 0.6) is 0 Å². The number of fused-ring (bicyclic) bond motifs is 1. The van der Waals surface area contributed by atoms with Crippen LogP contribution in [0.1, 0.15) is 36.8 Å². The molecular formula is C23H25ClF3N9. The summed E-state index contributed by atoms with van der Waals surface area (Å²) in [5.41, 5.74) is 7.43. The van der Waals surface area contributed by atoms with E-state index in [0.717, 1.165) is 37.8 Å². The van der Waals surface area contributed by atoms with Crippen LogP contribution in [0.3, 0.4) is 0 Å². The van der Waals surface area contributed by atoms with E-state index >= 15 is 0 Å². The molecule has 0 radical (unpaired) electrons. The molecule has 1 fully saturated rings. The summed E-state index contributed by atoms with van der Waals surface area (Å²) in [7, 11) is 0. The summed E-state index contributed by atoms with van der Waals surface area (Å²) in [5, 5.41) is 14.3. The smallest absolute Gasteiger partial charge is 0.351 e. The zero-order chi connectivity index (χ0) is 24.4. The van der Waals surface area contributed by atoms with E-state index in [9.17, 15) is 13.2 Å². The quantitative estimate of drug-likeness (QED) is 0.292. The van der Waals surface area contributed by atoms with E-state index in [1.807, 2.05) is 0 Å². The lowest BCUT2D eigenvalue weighted by Crippen LogP contribution is -2.33. The largest absolute Gasteiger partial charge is 0.416 e. The first-order valence-corrected chi connectivity index (χ1v) is 11.3. The first kappa shape index (κ1) is 25.6. The summed E-state index contributed by atoms with van der Waals surface area (Å²) in [5.74, 6) is 0.791. The molecule has 0 amide bonds. The molecule has 1 saturated carbocycles. The number of nitrogens with zero attached hydrogens (tertiary/aromatic N) is 5. The molecule has 1 aromatic carbocycles. The first-order valence-electron chi connectivity index (χ1n) is 11.3. The molecule has 0 unspecified atom stereocenters. The lowest BCUT2D eigenvalue weighted by Gasteiger charge is -2.26. The fourth-order valence-electron chi connectivity index (χ4n) is 4.14. The average Bonchev–Trinajstić information content (AvgIpc) is 3.27. The van der Waals surface area contributed by atoms with E-state index in [4.69, 9.17) is 5.73 Å². The van der Waals surface area contributed by atoms with Gasteiger partial charge >= 0.3 is 6.18 Å². The number of aromatic nitrogens is 6. The van der Waals surface area contributed by atoms with Crippen LogP contribution in [-0.4, -0.2) is 42.2 Å². The summed E-state index contributed by atoms with van der Waals surface area (Å²) < 4.78 is 38.9. The van der Waals surface area contributed by atoms with Crippen molar-refractivity contribution < 1.29 is 13.2 Å². The summed E-state index contributed by atoms with van der Waals surface area (Å²) in [6.45, 7) is 0.140. The summed E-state index contributed by atoms with van der Waals surface area (Å²) in [6, 6.07) is 7.39. The minimum absolute atomic E-state index is 0. The van der Waals surface area contributed by atoms with Gasteiger partial charge in [0.15, 0.2) is 5.65 Å². The molecule has 0 spiro atoms. The van der Waals surface area contributed by atoms with Gasteiger partial charge in [0.05, 0.1) is 22.3 Å². The predicted octanol–water partition coefficient (Wildman–Crippen LogP) is 4.54. The number of nitrogens with one attached hydrogen (secondary N) is 3. The van der Waals surface area contributed by atoms with Crippen molar-refractivity contribution in [2.75, 3.05) is 10.6 Å². The number of benzene rings is 1. The van der Waals surface area contributed by atoms with Gasteiger partial charge < -0.3 is 16.4 Å². The number of rotatable bonds is 6. The molecule has 5 rings (SSSR count). The molecule has 3 aromatic heterocycles. The lowest BCUT2D eigenvalue weighted by molar-refractivity contribution is -0.137. The number of halogens is 4. The Hall–Kier alpha value is -3.51. The van der Waals surface area contributed by atoms with Crippen LogP contribution in [0.15, 0.2) is 42.7 Å². The van der Waals surface area contributed by atoms with Crippen molar-refractivity contribution in [1.29, 1.82) is 0 Å². The van der Waals surface area contributed by atoms with Gasteiger partial charge in [-0.25, -0.2) is 15.0 Å². The number of nitrogens with two attached hydrogens (primary N) is 1. The fraction of sp³-hybridized carbons (Fsp3) is 0.348. The molecule has 3 heterocycles. The standard InChI is InChI=1S/C23H24F3N9.ClH/c24-23(25,26)14-3-1-2-13(10-14)11-29-21-28-9-8-18(32-21)19-17-12-30-22(33-20(17)35-34-19)31-16-6-4-15(27)5-7-16;/h1-3,8-10,12,15-16H,4-7,11,27H2,(H,28,29,32)(H2,30,31,33,34,35);1H. The normalized spacial score (nSPS) is 18.0. The van der Waals surface area contributed by atoms with Crippen molar-refractivity contribution in [1.82, 2.24) is 30.1 Å². The van der Waals surface area contributed by atoms with Crippen molar-refractivity contribution >= 4 is 35.3 Å². The highest BCUT2D eigenvalue weighted by atomic mass is 35.5. The predicted molar refractivity (Wildman–Crippen MR) is 133 cm³/mol. The molecule has 13 heteroatoms. The summed E-state index contributed by atoms with van der Waals surface area (Å²) >= 11 is 0. The Kier molecular flexibility index (Phi) is 7.55. The van der Waals surface area contributed by atoms with Crippen LogP contribution in [0, 0.1) is 0 Å². The Balaban J connectivity index is 0.00000304. The minimum Gasteiger partial charge on any atom is -0.351 e. The highest BCUT2D eigenvalue weighted by molar-refractivity contribution is 5.89. The van der Waals surface area contributed by atoms with Crippen LogP contribution in [0.25, 0.3) is 22.4 Å². The maximum Gasteiger partial charge on any atom is 0.416 e. The maximum absolute atomic E-state index is 13.0. The van der Waals surface area contributed by atoms with E-state index in [1.165, 1.54) is 6.07 Å². The Bertz CT molecular complexity index is 1320. The molecule has 190 valence electrons. The third-order valence-corrected chi connectivity index (χ3v) is 6.03. The molecule has 9 nitrogen and oxygen atoms in total. The highest BCUT2D eigenvalue weighted by Crippen LogP contribution is 2.30. The number of hydrogen-bond donors (Lipinski definition) is 4. The van der Waals surface area contributed by atoms with Crippen molar-refractivity contribution in [3.63, 3.8) is 0 Å². The molecule has 5 N–H and O–H groups in total. The molecular weight excluding hydrogens is 495 g/mol. The molecule has 0 saturated heterocycles. The zero-order valence-corrected chi connectivity index (χ0v) is 19.9. The van der Waals surface area contributed by atoms with Crippen LogP contribution in [0.4, 0.5) is 25.1 Å². The minimum atomic E-state index is -4.39. The Labute approximate surface area is 211 Å². The zero-order valence-electron chi connectivity index (χ0n) is 19.1. The van der Waals surface area contributed by atoms with Gasteiger partial charge in [-0.15, -0.1) is 12.4 Å². The van der Waals surface area contributed by atoms with Crippen LogP contribution in [-0.2, 0) is 12.7 Å². The van der Waals surface area contributed by atoms with E-state index < -0.39 is 11.7 Å². The van der Waals surface area contributed by atoms with Crippen LogP contribution in [0.2, 0.25) is 0 Å². The third-order valence-electron chi connectivity index (χ3n) is 6.03. The molecule has 1 aliphatic carbocycles.